The van der Waals surface area contributed by atoms with Gasteiger partial charge in [0.1, 0.15) is 0 Å². The number of rotatable bonds is 4. The highest BCUT2D eigenvalue weighted by atomic mass is 16.1. The van der Waals surface area contributed by atoms with Gasteiger partial charge in [0.15, 0.2) is 5.65 Å². The Bertz CT molecular complexity index is 922. The van der Waals surface area contributed by atoms with Crippen molar-refractivity contribution in [2.24, 2.45) is 0 Å². The van der Waals surface area contributed by atoms with E-state index in [1.165, 1.54) is 0 Å². The van der Waals surface area contributed by atoms with Gasteiger partial charge in [-0.15, -0.1) is 0 Å². The summed E-state index contributed by atoms with van der Waals surface area (Å²) >= 11 is 0. The van der Waals surface area contributed by atoms with Gasteiger partial charge in [-0.2, -0.15) is 5.10 Å². The molecule has 0 aliphatic heterocycles. The predicted octanol–water partition coefficient (Wildman–Crippen LogP) is 4.08. The van der Waals surface area contributed by atoms with Crippen LogP contribution in [-0.2, 0) is 11.8 Å². The molecule has 5 nitrogen and oxygen atoms in total. The van der Waals surface area contributed by atoms with Crippen molar-refractivity contribution in [1.29, 1.82) is 0 Å². The van der Waals surface area contributed by atoms with Gasteiger partial charge in [0.05, 0.1) is 23.0 Å². The van der Waals surface area contributed by atoms with Crippen molar-refractivity contribution in [3.05, 3.63) is 65.1 Å². The van der Waals surface area contributed by atoms with Crippen LogP contribution >= 0.6 is 0 Å². The molecule has 1 N–H and O–H groups in total. The molecule has 0 saturated heterocycles. The minimum Gasteiger partial charge on any atom is -0.345 e. The van der Waals surface area contributed by atoms with Crippen LogP contribution in [0.4, 0.5) is 0 Å². The number of aryl methyl sites for hydroxylation is 1. The molecule has 3 aromatic rings. The Balaban J connectivity index is 1.95. The molecule has 0 bridgehead atoms. The van der Waals surface area contributed by atoms with Gasteiger partial charge in [0.2, 0.25) is 0 Å². The van der Waals surface area contributed by atoms with Crippen LogP contribution in [0.3, 0.4) is 0 Å². The quantitative estimate of drug-likeness (QED) is 0.771. The van der Waals surface area contributed by atoms with Crippen LogP contribution in [0.1, 0.15) is 68.0 Å². The number of amides is 1. The van der Waals surface area contributed by atoms with Gasteiger partial charge in [-0.1, -0.05) is 58.0 Å². The average molecular weight is 350 g/mol. The van der Waals surface area contributed by atoms with Crippen LogP contribution < -0.4 is 5.32 Å². The third-order valence-corrected chi connectivity index (χ3v) is 4.58. The van der Waals surface area contributed by atoms with E-state index in [-0.39, 0.29) is 17.4 Å². The number of hydrogen-bond donors (Lipinski definition) is 1. The number of hydrogen-bond acceptors (Lipinski definition) is 3. The largest absolute Gasteiger partial charge is 0.345 e. The molecule has 5 heteroatoms. The second-order valence-electron chi connectivity index (χ2n) is 7.63. The van der Waals surface area contributed by atoms with E-state index < -0.39 is 0 Å². The summed E-state index contributed by atoms with van der Waals surface area (Å²) in [5.41, 5.74) is 4.20. The van der Waals surface area contributed by atoms with E-state index >= 15 is 0 Å². The molecule has 0 aliphatic carbocycles. The average Bonchev–Trinajstić information content (AvgIpc) is 3.06. The molecule has 0 spiro atoms. The molecular formula is C21H26N4O. The summed E-state index contributed by atoms with van der Waals surface area (Å²) < 4.78 is 1.81. The summed E-state index contributed by atoms with van der Waals surface area (Å²) in [5, 5.41) is 7.78. The van der Waals surface area contributed by atoms with Gasteiger partial charge in [-0.3, -0.25) is 4.79 Å². The van der Waals surface area contributed by atoms with E-state index in [0.717, 1.165) is 22.6 Å². The summed E-state index contributed by atoms with van der Waals surface area (Å²) in [5.74, 6) is -0.125. The number of carbonyl (C=O) groups excluding carboxylic acids is 1. The number of fused-ring (bicyclic) bond motifs is 1. The molecule has 0 saturated carbocycles. The Morgan fingerprint density at radius 3 is 2.54 bits per heavy atom. The molecule has 0 radical (unpaired) electrons. The fourth-order valence-corrected chi connectivity index (χ4v) is 2.98. The zero-order valence-electron chi connectivity index (χ0n) is 16.1. The SMILES string of the molecule is CCc1c(C(=O)N[C@H](C)c2ccccc2)cnc2cc(C(C)(C)C)nn12. The van der Waals surface area contributed by atoms with Crippen molar-refractivity contribution in [3.63, 3.8) is 0 Å². The minimum atomic E-state index is -0.125. The lowest BCUT2D eigenvalue weighted by atomic mass is 9.93. The van der Waals surface area contributed by atoms with Crippen molar-refractivity contribution in [3.8, 4) is 0 Å². The zero-order valence-corrected chi connectivity index (χ0v) is 16.1. The lowest BCUT2D eigenvalue weighted by Gasteiger charge is -2.16. The van der Waals surface area contributed by atoms with E-state index in [1.807, 2.05) is 54.8 Å². The molecule has 1 aromatic carbocycles. The third kappa shape index (κ3) is 3.47. The molecular weight excluding hydrogens is 324 g/mol. The Hall–Kier alpha value is -2.69. The van der Waals surface area contributed by atoms with Crippen LogP contribution in [0.2, 0.25) is 0 Å². The Morgan fingerprint density at radius 1 is 1.23 bits per heavy atom. The van der Waals surface area contributed by atoms with Gasteiger partial charge in [-0.05, 0) is 18.9 Å². The van der Waals surface area contributed by atoms with E-state index in [1.54, 1.807) is 6.20 Å². The third-order valence-electron chi connectivity index (χ3n) is 4.58. The Kier molecular flexibility index (Phi) is 4.81. The van der Waals surface area contributed by atoms with Gasteiger partial charge < -0.3 is 5.32 Å². The Labute approximate surface area is 154 Å². The maximum atomic E-state index is 12.9. The first-order chi connectivity index (χ1) is 12.3. The standard InChI is InChI=1S/C21H26N4O/c1-6-17-16(20(26)23-14(2)15-10-8-7-9-11-15)13-22-19-12-18(21(3,4)5)24-25(17)19/h7-14H,6H2,1-5H3,(H,23,26)/t14-/m1/s1. The fraction of sp³-hybridized carbons (Fsp3) is 0.381. The predicted molar refractivity (Wildman–Crippen MR) is 103 cm³/mol. The van der Waals surface area contributed by atoms with Crippen LogP contribution in [0.15, 0.2) is 42.6 Å². The molecule has 0 fully saturated rings. The summed E-state index contributed by atoms with van der Waals surface area (Å²) in [7, 11) is 0. The van der Waals surface area contributed by atoms with Crippen molar-refractivity contribution < 1.29 is 4.79 Å². The second kappa shape index (κ2) is 6.90. The van der Waals surface area contributed by atoms with E-state index in [9.17, 15) is 4.79 Å². The molecule has 136 valence electrons. The number of nitrogens with one attached hydrogen (secondary N) is 1. The molecule has 0 unspecified atom stereocenters. The normalized spacial score (nSPS) is 13.0. The number of nitrogens with zero attached hydrogens (tertiary/aromatic N) is 3. The molecule has 0 aliphatic rings. The van der Waals surface area contributed by atoms with Crippen LogP contribution in [0.25, 0.3) is 5.65 Å². The number of carbonyl (C=O) groups is 1. The Morgan fingerprint density at radius 2 is 1.92 bits per heavy atom. The zero-order chi connectivity index (χ0) is 18.9. The number of benzene rings is 1. The highest BCUT2D eigenvalue weighted by molar-refractivity contribution is 5.95. The van der Waals surface area contributed by atoms with Crippen molar-refractivity contribution >= 4 is 11.6 Å². The summed E-state index contributed by atoms with van der Waals surface area (Å²) in [6.07, 6.45) is 2.36. The summed E-state index contributed by atoms with van der Waals surface area (Å²) in [6, 6.07) is 11.9. The fourth-order valence-electron chi connectivity index (χ4n) is 2.98. The van der Waals surface area contributed by atoms with E-state index in [4.69, 9.17) is 5.10 Å². The van der Waals surface area contributed by atoms with Gasteiger partial charge in [0.25, 0.3) is 5.91 Å². The first kappa shape index (κ1) is 18.1. The van der Waals surface area contributed by atoms with Crippen molar-refractivity contribution in [1.82, 2.24) is 19.9 Å². The molecule has 2 heterocycles. The van der Waals surface area contributed by atoms with Crippen LogP contribution in [0.5, 0.6) is 0 Å². The summed E-state index contributed by atoms with van der Waals surface area (Å²) in [6.45, 7) is 10.4. The molecule has 1 amide bonds. The second-order valence-corrected chi connectivity index (χ2v) is 7.63. The first-order valence-corrected chi connectivity index (χ1v) is 9.05. The highest BCUT2D eigenvalue weighted by Gasteiger charge is 2.22. The van der Waals surface area contributed by atoms with E-state index in [2.05, 4.69) is 31.1 Å². The maximum absolute atomic E-state index is 12.9. The maximum Gasteiger partial charge on any atom is 0.255 e. The lowest BCUT2D eigenvalue weighted by Crippen LogP contribution is -2.28. The molecule has 2 aromatic heterocycles. The lowest BCUT2D eigenvalue weighted by molar-refractivity contribution is 0.0938. The monoisotopic (exact) mass is 350 g/mol. The molecule has 1 atom stereocenters. The highest BCUT2D eigenvalue weighted by Crippen LogP contribution is 2.23. The topological polar surface area (TPSA) is 59.3 Å². The molecule has 3 rings (SSSR count). The molecule has 26 heavy (non-hydrogen) atoms. The van der Waals surface area contributed by atoms with E-state index in [0.29, 0.717) is 12.0 Å². The first-order valence-electron chi connectivity index (χ1n) is 9.05. The van der Waals surface area contributed by atoms with Gasteiger partial charge in [-0.25, -0.2) is 9.50 Å². The smallest absolute Gasteiger partial charge is 0.255 e. The number of aromatic nitrogens is 3. The van der Waals surface area contributed by atoms with Crippen molar-refractivity contribution in [2.45, 2.75) is 52.5 Å². The van der Waals surface area contributed by atoms with Gasteiger partial charge >= 0.3 is 0 Å². The summed E-state index contributed by atoms with van der Waals surface area (Å²) in [4.78, 5) is 17.3. The van der Waals surface area contributed by atoms with Crippen LogP contribution in [-0.4, -0.2) is 20.5 Å². The van der Waals surface area contributed by atoms with Crippen molar-refractivity contribution in [2.75, 3.05) is 0 Å². The van der Waals surface area contributed by atoms with Crippen LogP contribution in [0, 0.1) is 0 Å². The van der Waals surface area contributed by atoms with Gasteiger partial charge in [0, 0.05) is 17.7 Å². The minimum absolute atomic E-state index is 0.0665.